The van der Waals surface area contributed by atoms with Gasteiger partial charge in [-0.3, -0.25) is 9.71 Å². The van der Waals surface area contributed by atoms with Crippen LogP contribution in [0.3, 0.4) is 0 Å². The Bertz CT molecular complexity index is 891. The number of rotatable bonds is 4. The number of aromatic nitrogens is 1. The maximum atomic E-state index is 12.3. The predicted molar refractivity (Wildman–Crippen MR) is 91.3 cm³/mol. The van der Waals surface area contributed by atoms with E-state index in [0.717, 1.165) is 11.1 Å². The summed E-state index contributed by atoms with van der Waals surface area (Å²) in [5, 5.41) is 0. The Morgan fingerprint density at radius 2 is 1.30 bits per heavy atom. The number of pyridine rings is 1. The zero-order valence-corrected chi connectivity index (χ0v) is 13.0. The summed E-state index contributed by atoms with van der Waals surface area (Å²) in [5.74, 6) is 0. The van der Waals surface area contributed by atoms with Crippen molar-refractivity contribution in [1.29, 1.82) is 0 Å². The van der Waals surface area contributed by atoms with Crippen molar-refractivity contribution >= 4 is 21.4 Å². The maximum absolute atomic E-state index is 12.3. The second-order valence-electron chi connectivity index (χ2n) is 4.99. The number of sulfonamides is 1. The van der Waals surface area contributed by atoms with E-state index >= 15 is 0 Å². The fourth-order valence-electron chi connectivity index (χ4n) is 2.14. The lowest BCUT2D eigenvalue weighted by Gasteiger charge is -2.09. The van der Waals surface area contributed by atoms with Crippen LogP contribution in [0.25, 0.3) is 11.1 Å². The molecule has 0 saturated carbocycles. The molecule has 0 aliphatic heterocycles. The normalized spacial score (nSPS) is 11.1. The van der Waals surface area contributed by atoms with Gasteiger partial charge in [-0.25, -0.2) is 8.42 Å². The summed E-state index contributed by atoms with van der Waals surface area (Å²) in [4.78, 5) is 4.06. The van der Waals surface area contributed by atoms with E-state index in [0.29, 0.717) is 11.4 Å². The molecule has 116 valence electrons. The number of hydrogen-bond acceptors (Lipinski definition) is 4. The lowest BCUT2D eigenvalue weighted by atomic mass is 10.1. The number of hydrogen-bond donors (Lipinski definition) is 2. The summed E-state index contributed by atoms with van der Waals surface area (Å²) in [6.07, 6.45) is 3.06. The molecule has 1 heterocycles. The molecular formula is C17H15N3O2S. The maximum Gasteiger partial charge on any atom is 0.261 e. The van der Waals surface area contributed by atoms with Crippen LogP contribution in [-0.2, 0) is 10.0 Å². The first-order chi connectivity index (χ1) is 11.0. The lowest BCUT2D eigenvalue weighted by molar-refractivity contribution is 0.601. The molecule has 0 spiro atoms. The number of anilines is 2. The van der Waals surface area contributed by atoms with Gasteiger partial charge in [-0.15, -0.1) is 0 Å². The number of nitrogen functional groups attached to an aromatic ring is 1. The number of nitrogens with zero attached hydrogens (tertiary/aromatic N) is 1. The molecule has 0 aliphatic carbocycles. The standard InChI is InChI=1S/C17H15N3O2S/c18-15-5-1-13(2-6-15)14-3-7-17(8-4-14)23(21,22)20-16-9-11-19-12-10-16/h1-12H,18H2,(H,19,20). The predicted octanol–water partition coefficient (Wildman–Crippen LogP) is 3.13. The number of nitrogens with one attached hydrogen (secondary N) is 1. The van der Waals surface area contributed by atoms with E-state index in [1.54, 1.807) is 36.4 Å². The molecule has 5 nitrogen and oxygen atoms in total. The molecule has 6 heteroatoms. The van der Waals surface area contributed by atoms with Gasteiger partial charge in [0.25, 0.3) is 10.0 Å². The van der Waals surface area contributed by atoms with Gasteiger partial charge in [0.2, 0.25) is 0 Å². The molecule has 0 aliphatic rings. The minimum Gasteiger partial charge on any atom is -0.399 e. The van der Waals surface area contributed by atoms with Crippen molar-refractivity contribution in [2.75, 3.05) is 10.5 Å². The molecule has 3 rings (SSSR count). The summed E-state index contributed by atoms with van der Waals surface area (Å²) in [5.41, 5.74) is 8.73. The van der Waals surface area contributed by atoms with E-state index in [4.69, 9.17) is 5.73 Å². The lowest BCUT2D eigenvalue weighted by Crippen LogP contribution is -2.12. The van der Waals surface area contributed by atoms with Crippen LogP contribution >= 0.6 is 0 Å². The van der Waals surface area contributed by atoms with Crippen LogP contribution in [-0.4, -0.2) is 13.4 Å². The molecule has 0 fully saturated rings. The van der Waals surface area contributed by atoms with Crippen molar-refractivity contribution in [2.45, 2.75) is 4.90 Å². The number of benzene rings is 2. The van der Waals surface area contributed by atoms with Crippen LogP contribution in [0, 0.1) is 0 Å². The first-order valence-electron chi connectivity index (χ1n) is 6.93. The molecular weight excluding hydrogens is 310 g/mol. The molecule has 0 bridgehead atoms. The molecule has 0 atom stereocenters. The molecule has 0 saturated heterocycles. The summed E-state index contributed by atoms with van der Waals surface area (Å²) < 4.78 is 27.2. The Hall–Kier alpha value is -2.86. The highest BCUT2D eigenvalue weighted by atomic mass is 32.2. The van der Waals surface area contributed by atoms with E-state index in [-0.39, 0.29) is 4.90 Å². The van der Waals surface area contributed by atoms with E-state index in [1.807, 2.05) is 24.3 Å². The van der Waals surface area contributed by atoms with Crippen LogP contribution in [0.1, 0.15) is 0 Å². The molecule has 3 N–H and O–H groups in total. The van der Waals surface area contributed by atoms with Gasteiger partial charge in [0, 0.05) is 18.1 Å². The highest BCUT2D eigenvalue weighted by Crippen LogP contribution is 2.23. The first kappa shape index (κ1) is 15.1. The minimum absolute atomic E-state index is 0.202. The Labute approximate surface area is 134 Å². The molecule has 0 radical (unpaired) electrons. The zero-order valence-electron chi connectivity index (χ0n) is 12.2. The second-order valence-corrected chi connectivity index (χ2v) is 6.67. The largest absolute Gasteiger partial charge is 0.399 e. The van der Waals surface area contributed by atoms with Crippen molar-refractivity contribution in [1.82, 2.24) is 4.98 Å². The first-order valence-corrected chi connectivity index (χ1v) is 8.42. The second kappa shape index (κ2) is 6.10. The molecule has 2 aromatic carbocycles. The Balaban J connectivity index is 1.85. The van der Waals surface area contributed by atoms with E-state index in [1.165, 1.54) is 12.4 Å². The van der Waals surface area contributed by atoms with Crippen molar-refractivity contribution in [3.63, 3.8) is 0 Å². The molecule has 3 aromatic rings. The molecule has 0 amide bonds. The summed E-state index contributed by atoms with van der Waals surface area (Å²) >= 11 is 0. The topological polar surface area (TPSA) is 85.1 Å². The Morgan fingerprint density at radius 3 is 1.87 bits per heavy atom. The average Bonchev–Trinajstić information content (AvgIpc) is 2.56. The molecule has 1 aromatic heterocycles. The van der Waals surface area contributed by atoms with Crippen molar-refractivity contribution in [3.05, 3.63) is 73.1 Å². The third-order valence-electron chi connectivity index (χ3n) is 3.34. The third-order valence-corrected chi connectivity index (χ3v) is 4.74. The van der Waals surface area contributed by atoms with E-state index in [2.05, 4.69) is 9.71 Å². The quantitative estimate of drug-likeness (QED) is 0.722. The van der Waals surface area contributed by atoms with Gasteiger partial charge in [0.05, 0.1) is 10.6 Å². The van der Waals surface area contributed by atoms with Gasteiger partial charge in [0.15, 0.2) is 0 Å². The van der Waals surface area contributed by atoms with Gasteiger partial charge >= 0.3 is 0 Å². The van der Waals surface area contributed by atoms with Crippen molar-refractivity contribution in [2.24, 2.45) is 0 Å². The Morgan fingerprint density at radius 1 is 0.783 bits per heavy atom. The number of nitrogens with two attached hydrogens (primary N) is 1. The zero-order chi connectivity index (χ0) is 16.3. The summed E-state index contributed by atoms with van der Waals surface area (Å²) in [6.45, 7) is 0. The smallest absolute Gasteiger partial charge is 0.261 e. The fourth-order valence-corrected chi connectivity index (χ4v) is 3.19. The van der Waals surface area contributed by atoms with E-state index < -0.39 is 10.0 Å². The van der Waals surface area contributed by atoms with Crippen LogP contribution in [0.5, 0.6) is 0 Å². The molecule has 0 unspecified atom stereocenters. The molecule has 23 heavy (non-hydrogen) atoms. The van der Waals surface area contributed by atoms with Gasteiger partial charge in [-0.1, -0.05) is 24.3 Å². The Kier molecular flexibility index (Phi) is 3.99. The highest BCUT2D eigenvalue weighted by molar-refractivity contribution is 7.92. The summed E-state index contributed by atoms with van der Waals surface area (Å²) in [7, 11) is -3.62. The van der Waals surface area contributed by atoms with Crippen molar-refractivity contribution in [3.8, 4) is 11.1 Å². The van der Waals surface area contributed by atoms with Gasteiger partial charge in [-0.05, 0) is 47.5 Å². The monoisotopic (exact) mass is 325 g/mol. The van der Waals surface area contributed by atoms with Crippen LogP contribution < -0.4 is 10.5 Å². The average molecular weight is 325 g/mol. The van der Waals surface area contributed by atoms with Crippen LogP contribution in [0.4, 0.5) is 11.4 Å². The fraction of sp³-hybridized carbons (Fsp3) is 0. The van der Waals surface area contributed by atoms with E-state index in [9.17, 15) is 8.42 Å². The SMILES string of the molecule is Nc1ccc(-c2ccc(S(=O)(=O)Nc3ccncc3)cc2)cc1. The van der Waals surface area contributed by atoms with Gasteiger partial charge in [0.1, 0.15) is 0 Å². The minimum atomic E-state index is -3.62. The summed E-state index contributed by atoms with van der Waals surface area (Å²) in [6, 6.07) is 17.3. The van der Waals surface area contributed by atoms with Crippen molar-refractivity contribution < 1.29 is 8.42 Å². The third kappa shape index (κ3) is 3.49. The van der Waals surface area contributed by atoms with Gasteiger partial charge < -0.3 is 5.73 Å². The van der Waals surface area contributed by atoms with Crippen LogP contribution in [0.15, 0.2) is 78.0 Å². The highest BCUT2D eigenvalue weighted by Gasteiger charge is 2.14. The van der Waals surface area contributed by atoms with Crippen LogP contribution in [0.2, 0.25) is 0 Å². The van der Waals surface area contributed by atoms with Gasteiger partial charge in [-0.2, -0.15) is 0 Å².